The first-order valence-corrected chi connectivity index (χ1v) is 9.77. The summed E-state index contributed by atoms with van der Waals surface area (Å²) in [4.78, 5) is 4.38. The highest BCUT2D eigenvalue weighted by atomic mass is 79.9. The lowest BCUT2D eigenvalue weighted by atomic mass is 10.3. The molecule has 0 saturated heterocycles. The Balaban J connectivity index is 2.02. The number of fused-ring (bicyclic) bond motifs is 1. The summed E-state index contributed by atoms with van der Waals surface area (Å²) >= 11 is 3.52. The Hall–Kier alpha value is -0.653. The van der Waals surface area contributed by atoms with Gasteiger partial charge in [-0.2, -0.15) is 0 Å². The molecule has 17 heavy (non-hydrogen) atoms. The molecule has 5 heteroatoms. The summed E-state index contributed by atoms with van der Waals surface area (Å²) in [5, 5.41) is 1.13. The van der Waals surface area contributed by atoms with E-state index in [0.29, 0.717) is 6.73 Å². The minimum Gasteiger partial charge on any atom is -0.361 e. The van der Waals surface area contributed by atoms with Gasteiger partial charge in [0.25, 0.3) is 0 Å². The van der Waals surface area contributed by atoms with E-state index in [-0.39, 0.29) is 0 Å². The molecule has 0 N–H and O–H groups in total. The van der Waals surface area contributed by atoms with Crippen LogP contribution >= 0.6 is 15.9 Å². The van der Waals surface area contributed by atoms with Gasteiger partial charge in [0.15, 0.2) is 0 Å². The Labute approximate surface area is 112 Å². The topological polar surface area (TPSA) is 27.1 Å². The van der Waals surface area contributed by atoms with Gasteiger partial charge >= 0.3 is 0 Å². The van der Waals surface area contributed by atoms with E-state index in [0.717, 1.165) is 22.1 Å². The van der Waals surface area contributed by atoms with Crippen molar-refractivity contribution >= 4 is 35.8 Å². The summed E-state index contributed by atoms with van der Waals surface area (Å²) in [6.45, 7) is 6.13. The summed E-state index contributed by atoms with van der Waals surface area (Å²) in [6.07, 6.45) is 3.83. The third kappa shape index (κ3) is 3.17. The molecular formula is C12H17BrN2OSi. The lowest BCUT2D eigenvalue weighted by Gasteiger charge is -2.07. The molecule has 0 spiro atoms. The summed E-state index contributed by atoms with van der Waals surface area (Å²) in [6, 6.07) is 5.25. The van der Waals surface area contributed by atoms with Crippen molar-refractivity contribution in [3.8, 4) is 0 Å². The molecule has 2 aromatic heterocycles. The minimum atomic E-state index is -0.496. The molecule has 0 amide bonds. The summed E-state index contributed by atoms with van der Waals surface area (Å²) < 4.78 is 8.80. The van der Waals surface area contributed by atoms with E-state index in [1.807, 2.05) is 23.0 Å². The number of hydrogen-bond donors (Lipinski definition) is 0. The number of hydrogen-bond acceptors (Lipinski definition) is 2. The van der Waals surface area contributed by atoms with Crippen LogP contribution in [0.25, 0.3) is 11.0 Å². The van der Waals surface area contributed by atoms with Crippen LogP contribution in [0.5, 0.6) is 0 Å². The first kappa shape index (κ1) is 12.8. The average molecular weight is 313 g/mol. The Bertz CT molecular complexity index is 498. The number of rotatable bonds is 5. The molecule has 0 fully saturated rings. The van der Waals surface area contributed by atoms with Gasteiger partial charge in [-0.25, -0.2) is 4.98 Å². The highest BCUT2D eigenvalue weighted by molar-refractivity contribution is 9.10. The summed E-state index contributed by atoms with van der Waals surface area (Å²) in [7, 11) is -0.496. The fraction of sp³-hybridized carbons (Fsp3) is 0.417. The zero-order chi connectivity index (χ0) is 12.3. The molecule has 92 valence electrons. The standard InChI is InChI=1S/C12H17BrN2OSi/c1-17(2)8-7-16-9-15-6-4-10-11(13)3-5-14-12(10)15/h3-6,17H,7-9H2,1-2H3. The molecule has 2 rings (SSSR count). The van der Waals surface area contributed by atoms with E-state index in [1.54, 1.807) is 0 Å². The van der Waals surface area contributed by atoms with E-state index < -0.39 is 8.80 Å². The molecule has 2 heterocycles. The second kappa shape index (κ2) is 5.80. The van der Waals surface area contributed by atoms with Crippen LogP contribution in [0.2, 0.25) is 19.1 Å². The van der Waals surface area contributed by atoms with Crippen molar-refractivity contribution in [1.29, 1.82) is 0 Å². The van der Waals surface area contributed by atoms with Gasteiger partial charge in [0.2, 0.25) is 0 Å². The lowest BCUT2D eigenvalue weighted by molar-refractivity contribution is 0.0902. The van der Waals surface area contributed by atoms with Gasteiger partial charge in [0.05, 0.1) is 0 Å². The minimum absolute atomic E-state index is 0.496. The molecule has 3 nitrogen and oxygen atoms in total. The second-order valence-electron chi connectivity index (χ2n) is 4.54. The maximum atomic E-state index is 5.68. The molecule has 0 aliphatic rings. The number of aromatic nitrogens is 2. The van der Waals surface area contributed by atoms with Crippen molar-refractivity contribution in [1.82, 2.24) is 9.55 Å². The smallest absolute Gasteiger partial charge is 0.142 e. The quantitative estimate of drug-likeness (QED) is 0.626. The van der Waals surface area contributed by atoms with Gasteiger partial charge in [-0.05, 0) is 34.1 Å². The van der Waals surface area contributed by atoms with Crippen LogP contribution in [-0.4, -0.2) is 25.0 Å². The van der Waals surface area contributed by atoms with Crippen molar-refractivity contribution in [2.45, 2.75) is 25.9 Å². The molecular weight excluding hydrogens is 296 g/mol. The van der Waals surface area contributed by atoms with E-state index in [4.69, 9.17) is 4.74 Å². The molecule has 2 aromatic rings. The fourth-order valence-electron chi connectivity index (χ4n) is 1.64. The summed E-state index contributed by atoms with van der Waals surface area (Å²) in [5.74, 6) is 0. The van der Waals surface area contributed by atoms with Crippen molar-refractivity contribution in [2.75, 3.05) is 6.61 Å². The van der Waals surface area contributed by atoms with Crippen LogP contribution in [0.15, 0.2) is 29.0 Å². The monoisotopic (exact) mass is 312 g/mol. The zero-order valence-corrected chi connectivity index (χ0v) is 12.9. The van der Waals surface area contributed by atoms with Crippen molar-refractivity contribution in [3.63, 3.8) is 0 Å². The highest BCUT2D eigenvalue weighted by Crippen LogP contribution is 2.22. The van der Waals surface area contributed by atoms with E-state index in [9.17, 15) is 0 Å². The van der Waals surface area contributed by atoms with Crippen molar-refractivity contribution in [3.05, 3.63) is 29.0 Å². The molecule has 0 bridgehead atoms. The van der Waals surface area contributed by atoms with E-state index >= 15 is 0 Å². The Kier molecular flexibility index (Phi) is 4.36. The van der Waals surface area contributed by atoms with Gasteiger partial charge in [0, 0.05) is 37.7 Å². The third-order valence-corrected chi connectivity index (χ3v) is 4.76. The van der Waals surface area contributed by atoms with Gasteiger partial charge in [-0.3, -0.25) is 0 Å². The number of ether oxygens (including phenoxy) is 1. The van der Waals surface area contributed by atoms with Crippen LogP contribution in [-0.2, 0) is 11.5 Å². The normalized spacial score (nSPS) is 11.5. The van der Waals surface area contributed by atoms with Crippen LogP contribution in [0.1, 0.15) is 0 Å². The van der Waals surface area contributed by atoms with Gasteiger partial charge < -0.3 is 9.30 Å². The largest absolute Gasteiger partial charge is 0.361 e. The maximum absolute atomic E-state index is 5.68. The Morgan fingerprint density at radius 1 is 1.41 bits per heavy atom. The first-order valence-electron chi connectivity index (χ1n) is 5.85. The van der Waals surface area contributed by atoms with Crippen molar-refractivity contribution < 1.29 is 4.74 Å². The second-order valence-corrected chi connectivity index (χ2v) is 8.75. The molecule has 0 atom stereocenters. The molecule has 0 unspecified atom stereocenters. The summed E-state index contributed by atoms with van der Waals surface area (Å²) in [5.41, 5.74) is 0.973. The highest BCUT2D eigenvalue weighted by Gasteiger charge is 2.05. The van der Waals surface area contributed by atoms with Crippen LogP contribution < -0.4 is 0 Å². The Morgan fingerprint density at radius 3 is 3.00 bits per heavy atom. The molecule has 0 saturated carbocycles. The molecule has 0 aromatic carbocycles. The van der Waals surface area contributed by atoms with E-state index in [1.165, 1.54) is 6.04 Å². The van der Waals surface area contributed by atoms with Crippen LogP contribution in [0, 0.1) is 0 Å². The number of nitrogens with zero attached hydrogens (tertiary/aromatic N) is 2. The number of halogens is 1. The molecule has 0 aliphatic heterocycles. The maximum Gasteiger partial charge on any atom is 0.142 e. The first-order chi connectivity index (χ1) is 8.18. The zero-order valence-electron chi connectivity index (χ0n) is 10.2. The number of pyridine rings is 1. The molecule has 0 radical (unpaired) electrons. The SMILES string of the molecule is C[SiH](C)CCOCn1ccc2c(Br)ccnc21. The predicted octanol–water partition coefficient (Wildman–Crippen LogP) is 3.26. The Morgan fingerprint density at radius 2 is 2.24 bits per heavy atom. The van der Waals surface area contributed by atoms with Gasteiger partial charge in [0.1, 0.15) is 12.4 Å². The molecule has 0 aliphatic carbocycles. The lowest BCUT2D eigenvalue weighted by Crippen LogP contribution is -2.08. The average Bonchev–Trinajstić information content (AvgIpc) is 2.69. The third-order valence-electron chi connectivity index (χ3n) is 2.68. The van der Waals surface area contributed by atoms with Gasteiger partial charge in [-0.1, -0.05) is 13.1 Å². The van der Waals surface area contributed by atoms with E-state index in [2.05, 4.69) is 40.1 Å². The van der Waals surface area contributed by atoms with Crippen LogP contribution in [0.3, 0.4) is 0 Å². The van der Waals surface area contributed by atoms with Crippen molar-refractivity contribution in [2.24, 2.45) is 0 Å². The fourth-order valence-corrected chi connectivity index (χ4v) is 2.71. The van der Waals surface area contributed by atoms with Crippen LogP contribution in [0.4, 0.5) is 0 Å². The van der Waals surface area contributed by atoms with Gasteiger partial charge in [-0.15, -0.1) is 0 Å². The predicted molar refractivity (Wildman–Crippen MR) is 77.1 cm³/mol.